The van der Waals surface area contributed by atoms with Gasteiger partial charge in [0.1, 0.15) is 5.76 Å². The molecule has 90 valence electrons. The van der Waals surface area contributed by atoms with Crippen LogP contribution in [0, 0.1) is 3.77 Å². The topological polar surface area (TPSA) is 25.2 Å². The van der Waals surface area contributed by atoms with Gasteiger partial charge in [0.05, 0.1) is 6.54 Å². The van der Waals surface area contributed by atoms with E-state index in [1.165, 1.54) is 11.1 Å². The highest BCUT2D eigenvalue weighted by Gasteiger charge is 1.99. The second kappa shape index (κ2) is 6.21. The molecule has 0 fully saturated rings. The zero-order valence-corrected chi connectivity index (χ0v) is 12.0. The monoisotopic (exact) mass is 341 g/mol. The largest absolute Gasteiger partial charge is 0.454 e. The minimum Gasteiger partial charge on any atom is -0.454 e. The molecule has 0 spiro atoms. The summed E-state index contributed by atoms with van der Waals surface area (Å²) in [7, 11) is 0. The Morgan fingerprint density at radius 2 is 1.71 bits per heavy atom. The third-order valence-electron chi connectivity index (χ3n) is 2.69. The summed E-state index contributed by atoms with van der Waals surface area (Å²) in [6.45, 7) is 3.82. The van der Waals surface area contributed by atoms with Crippen molar-refractivity contribution in [2.75, 3.05) is 0 Å². The van der Waals surface area contributed by atoms with Gasteiger partial charge < -0.3 is 9.73 Å². The Hall–Kier alpha value is -0.810. The molecule has 0 saturated carbocycles. The zero-order chi connectivity index (χ0) is 12.1. The van der Waals surface area contributed by atoms with Gasteiger partial charge in [0.2, 0.25) is 0 Å². The molecule has 0 atom stereocenters. The Kier molecular flexibility index (Phi) is 4.62. The lowest BCUT2D eigenvalue weighted by molar-refractivity contribution is 0.463. The first-order valence-corrected chi connectivity index (χ1v) is 6.88. The fraction of sp³-hybridized carbons (Fsp3) is 0.286. The molecule has 0 saturated heterocycles. The molecule has 1 aromatic carbocycles. The van der Waals surface area contributed by atoms with Gasteiger partial charge in [0.15, 0.2) is 3.77 Å². The summed E-state index contributed by atoms with van der Waals surface area (Å²) in [4.78, 5) is 0. The second-order valence-electron chi connectivity index (χ2n) is 3.98. The molecule has 0 amide bonds. The Morgan fingerprint density at radius 3 is 2.29 bits per heavy atom. The number of rotatable bonds is 5. The number of benzene rings is 1. The molecule has 0 aliphatic carbocycles. The molecular formula is C14H16INO. The zero-order valence-electron chi connectivity index (χ0n) is 9.87. The molecule has 0 unspecified atom stereocenters. The molecule has 0 aliphatic heterocycles. The number of halogens is 1. The van der Waals surface area contributed by atoms with Gasteiger partial charge in [-0.2, -0.15) is 0 Å². The molecule has 3 heteroatoms. The van der Waals surface area contributed by atoms with Crippen LogP contribution in [0.3, 0.4) is 0 Å². The van der Waals surface area contributed by atoms with E-state index in [0.717, 1.165) is 29.0 Å². The van der Waals surface area contributed by atoms with Crippen LogP contribution in [0.1, 0.15) is 23.8 Å². The van der Waals surface area contributed by atoms with Gasteiger partial charge >= 0.3 is 0 Å². The highest BCUT2D eigenvalue weighted by molar-refractivity contribution is 14.1. The van der Waals surface area contributed by atoms with Crippen molar-refractivity contribution in [1.29, 1.82) is 0 Å². The van der Waals surface area contributed by atoms with E-state index in [4.69, 9.17) is 4.42 Å². The van der Waals surface area contributed by atoms with E-state index in [0.29, 0.717) is 0 Å². The van der Waals surface area contributed by atoms with Crippen molar-refractivity contribution in [2.24, 2.45) is 0 Å². The van der Waals surface area contributed by atoms with E-state index < -0.39 is 0 Å². The van der Waals surface area contributed by atoms with Crippen molar-refractivity contribution >= 4 is 22.6 Å². The van der Waals surface area contributed by atoms with Crippen LogP contribution in [-0.2, 0) is 19.5 Å². The second-order valence-corrected chi connectivity index (χ2v) is 5.04. The van der Waals surface area contributed by atoms with Crippen molar-refractivity contribution in [3.63, 3.8) is 0 Å². The quantitative estimate of drug-likeness (QED) is 0.839. The lowest BCUT2D eigenvalue weighted by atomic mass is 10.1. The standard InChI is InChI=1S/C14H16INO/c1-2-11-3-5-12(6-4-11)9-16-10-13-7-8-14(15)17-13/h3-8,16H,2,9-10H2,1H3. The molecule has 0 bridgehead atoms. The highest BCUT2D eigenvalue weighted by Crippen LogP contribution is 2.10. The Balaban J connectivity index is 1.81. The van der Waals surface area contributed by atoms with E-state index in [1.54, 1.807) is 0 Å². The summed E-state index contributed by atoms with van der Waals surface area (Å²) >= 11 is 2.18. The lowest BCUT2D eigenvalue weighted by Gasteiger charge is -2.04. The van der Waals surface area contributed by atoms with Crippen molar-refractivity contribution in [1.82, 2.24) is 5.32 Å². The summed E-state index contributed by atoms with van der Waals surface area (Å²) in [5, 5.41) is 3.37. The number of nitrogens with one attached hydrogen (secondary N) is 1. The van der Waals surface area contributed by atoms with E-state index in [9.17, 15) is 0 Å². The van der Waals surface area contributed by atoms with Crippen LogP contribution < -0.4 is 5.32 Å². The van der Waals surface area contributed by atoms with Gasteiger partial charge in [0.25, 0.3) is 0 Å². The summed E-state index contributed by atoms with van der Waals surface area (Å²) in [5.41, 5.74) is 2.69. The molecule has 1 heterocycles. The number of aryl methyl sites for hydroxylation is 1. The van der Waals surface area contributed by atoms with Crippen molar-refractivity contribution < 1.29 is 4.42 Å². The van der Waals surface area contributed by atoms with Gasteiger partial charge in [-0.3, -0.25) is 0 Å². The van der Waals surface area contributed by atoms with Crippen LogP contribution in [-0.4, -0.2) is 0 Å². The Labute approximate surface area is 116 Å². The Morgan fingerprint density at radius 1 is 1.00 bits per heavy atom. The fourth-order valence-electron chi connectivity index (χ4n) is 1.67. The minimum atomic E-state index is 0.776. The van der Waals surface area contributed by atoms with E-state index in [2.05, 4.69) is 59.1 Å². The molecule has 1 N–H and O–H groups in total. The van der Waals surface area contributed by atoms with Crippen LogP contribution in [0.2, 0.25) is 0 Å². The van der Waals surface area contributed by atoms with E-state index in [1.807, 2.05) is 12.1 Å². The molecule has 1 aromatic heterocycles. The van der Waals surface area contributed by atoms with Crippen molar-refractivity contribution in [3.05, 3.63) is 57.1 Å². The average molecular weight is 341 g/mol. The third kappa shape index (κ3) is 3.85. The third-order valence-corrected chi connectivity index (χ3v) is 3.27. The summed E-state index contributed by atoms with van der Waals surface area (Å²) in [6, 6.07) is 12.7. The number of hydrogen-bond donors (Lipinski definition) is 1. The predicted octanol–water partition coefficient (Wildman–Crippen LogP) is 3.74. The van der Waals surface area contributed by atoms with Gasteiger partial charge in [-0.15, -0.1) is 0 Å². The van der Waals surface area contributed by atoms with Crippen LogP contribution in [0.25, 0.3) is 0 Å². The van der Waals surface area contributed by atoms with Crippen LogP contribution in [0.15, 0.2) is 40.8 Å². The number of hydrogen-bond acceptors (Lipinski definition) is 2. The van der Waals surface area contributed by atoms with Crippen molar-refractivity contribution in [2.45, 2.75) is 26.4 Å². The first kappa shape index (κ1) is 12.6. The summed E-state index contributed by atoms with van der Waals surface area (Å²) in [6.07, 6.45) is 1.10. The maximum atomic E-state index is 5.48. The first-order valence-electron chi connectivity index (χ1n) is 5.80. The molecule has 0 aliphatic rings. The average Bonchev–Trinajstić information content (AvgIpc) is 2.76. The molecular weight excluding hydrogens is 325 g/mol. The Bertz CT molecular complexity index is 461. The summed E-state index contributed by atoms with van der Waals surface area (Å²) < 4.78 is 6.42. The molecule has 0 radical (unpaired) electrons. The fourth-order valence-corrected chi connectivity index (χ4v) is 2.13. The van der Waals surface area contributed by atoms with Gasteiger partial charge in [-0.05, 0) is 52.3 Å². The van der Waals surface area contributed by atoms with Crippen LogP contribution in [0.4, 0.5) is 0 Å². The van der Waals surface area contributed by atoms with E-state index in [-0.39, 0.29) is 0 Å². The smallest absolute Gasteiger partial charge is 0.164 e. The molecule has 2 rings (SSSR count). The maximum Gasteiger partial charge on any atom is 0.164 e. The molecule has 2 nitrogen and oxygen atoms in total. The molecule has 17 heavy (non-hydrogen) atoms. The van der Waals surface area contributed by atoms with Crippen molar-refractivity contribution in [3.8, 4) is 0 Å². The number of furan rings is 1. The van der Waals surface area contributed by atoms with Gasteiger partial charge in [0, 0.05) is 6.54 Å². The normalized spacial score (nSPS) is 10.7. The minimum absolute atomic E-state index is 0.776. The molecule has 2 aromatic rings. The lowest BCUT2D eigenvalue weighted by Crippen LogP contribution is -2.12. The predicted molar refractivity (Wildman–Crippen MR) is 77.8 cm³/mol. The first-order chi connectivity index (χ1) is 8.28. The van der Waals surface area contributed by atoms with Gasteiger partial charge in [-0.25, -0.2) is 0 Å². The van der Waals surface area contributed by atoms with Crippen LogP contribution in [0.5, 0.6) is 0 Å². The maximum absolute atomic E-state index is 5.48. The summed E-state index contributed by atoms with van der Waals surface area (Å²) in [5.74, 6) is 0.986. The van der Waals surface area contributed by atoms with Crippen LogP contribution >= 0.6 is 22.6 Å². The van der Waals surface area contributed by atoms with Gasteiger partial charge in [-0.1, -0.05) is 31.2 Å². The SMILES string of the molecule is CCc1ccc(CNCc2ccc(I)o2)cc1. The highest BCUT2D eigenvalue weighted by atomic mass is 127. The van der Waals surface area contributed by atoms with E-state index >= 15 is 0 Å².